The van der Waals surface area contributed by atoms with E-state index in [0.29, 0.717) is 6.42 Å². The van der Waals surface area contributed by atoms with E-state index in [9.17, 15) is 4.79 Å². The van der Waals surface area contributed by atoms with Gasteiger partial charge in [-0.1, -0.05) is 37.3 Å². The topological polar surface area (TPSA) is 58.4 Å². The van der Waals surface area contributed by atoms with Crippen LogP contribution >= 0.6 is 0 Å². The van der Waals surface area contributed by atoms with E-state index in [-0.39, 0.29) is 11.3 Å². The molecule has 3 N–H and O–H groups in total. The van der Waals surface area contributed by atoms with Crippen LogP contribution in [0.3, 0.4) is 0 Å². The lowest BCUT2D eigenvalue weighted by Gasteiger charge is -2.38. The minimum absolute atomic E-state index is 0.0426. The van der Waals surface area contributed by atoms with Gasteiger partial charge in [-0.25, -0.2) is 0 Å². The minimum Gasteiger partial charge on any atom is -0.354 e. The Morgan fingerprint density at radius 1 is 1.33 bits per heavy atom. The lowest BCUT2D eigenvalue weighted by molar-refractivity contribution is -0.123. The third-order valence-corrected chi connectivity index (χ3v) is 4.52. The average Bonchev–Trinajstić information content (AvgIpc) is 2.49. The van der Waals surface area contributed by atoms with Crippen molar-refractivity contribution < 1.29 is 4.79 Å². The van der Waals surface area contributed by atoms with Crippen molar-refractivity contribution in [1.82, 2.24) is 10.2 Å². The molecular formula is C17H27N3O. The molecule has 1 aromatic rings. The van der Waals surface area contributed by atoms with Gasteiger partial charge >= 0.3 is 0 Å². The van der Waals surface area contributed by atoms with Gasteiger partial charge < -0.3 is 16.0 Å². The second-order valence-electron chi connectivity index (χ2n) is 6.63. The van der Waals surface area contributed by atoms with Crippen molar-refractivity contribution in [3.8, 4) is 0 Å². The van der Waals surface area contributed by atoms with Crippen LogP contribution in [0, 0.1) is 5.41 Å². The highest BCUT2D eigenvalue weighted by Gasteiger charge is 2.29. The van der Waals surface area contributed by atoms with Crippen molar-refractivity contribution >= 4 is 5.91 Å². The highest BCUT2D eigenvalue weighted by atomic mass is 16.2. The van der Waals surface area contributed by atoms with Gasteiger partial charge in [0.25, 0.3) is 0 Å². The summed E-state index contributed by atoms with van der Waals surface area (Å²) in [6.07, 6.45) is 2.83. The fourth-order valence-corrected chi connectivity index (χ4v) is 2.73. The zero-order valence-corrected chi connectivity index (χ0v) is 13.1. The fraction of sp³-hybridized carbons (Fsp3) is 0.588. The zero-order valence-electron chi connectivity index (χ0n) is 13.1. The number of likely N-dealkylation sites (tertiary alicyclic amines) is 1. The molecule has 0 aromatic heterocycles. The van der Waals surface area contributed by atoms with Crippen LogP contribution in [0.25, 0.3) is 0 Å². The van der Waals surface area contributed by atoms with E-state index in [1.807, 2.05) is 30.3 Å². The largest absolute Gasteiger partial charge is 0.354 e. The van der Waals surface area contributed by atoms with Gasteiger partial charge in [-0.05, 0) is 50.4 Å². The predicted octanol–water partition coefficient (Wildman–Crippen LogP) is 1.40. The van der Waals surface area contributed by atoms with Crippen LogP contribution in [0.1, 0.15) is 25.3 Å². The zero-order chi connectivity index (χ0) is 15.3. The Morgan fingerprint density at radius 2 is 1.95 bits per heavy atom. The number of amides is 1. The summed E-state index contributed by atoms with van der Waals surface area (Å²) in [6.45, 7) is 5.18. The van der Waals surface area contributed by atoms with E-state index >= 15 is 0 Å². The Bertz CT molecular complexity index is 452. The molecule has 21 heavy (non-hydrogen) atoms. The minimum atomic E-state index is -0.470. The van der Waals surface area contributed by atoms with Crippen molar-refractivity contribution in [1.29, 1.82) is 0 Å². The smallest absolute Gasteiger partial charge is 0.237 e. The van der Waals surface area contributed by atoms with E-state index in [1.165, 1.54) is 0 Å². The SMILES string of the molecule is CN1CCC(C)(CNC(=O)[C@H](N)Cc2ccccc2)CC1. The lowest BCUT2D eigenvalue weighted by atomic mass is 9.80. The molecule has 1 aromatic carbocycles. The average molecular weight is 289 g/mol. The number of nitrogens with two attached hydrogens (primary N) is 1. The van der Waals surface area contributed by atoms with Crippen LogP contribution in [-0.4, -0.2) is 43.5 Å². The second-order valence-corrected chi connectivity index (χ2v) is 6.63. The summed E-state index contributed by atoms with van der Waals surface area (Å²) in [5.74, 6) is -0.0426. The van der Waals surface area contributed by atoms with Crippen molar-refractivity contribution in [2.45, 2.75) is 32.2 Å². The summed E-state index contributed by atoms with van der Waals surface area (Å²) in [5, 5.41) is 3.05. The fourth-order valence-electron chi connectivity index (χ4n) is 2.73. The maximum absolute atomic E-state index is 12.2. The van der Waals surface area contributed by atoms with Crippen molar-refractivity contribution in [3.05, 3.63) is 35.9 Å². The third-order valence-electron chi connectivity index (χ3n) is 4.52. The van der Waals surface area contributed by atoms with E-state index in [0.717, 1.165) is 38.0 Å². The van der Waals surface area contributed by atoms with Crippen LogP contribution in [0.5, 0.6) is 0 Å². The van der Waals surface area contributed by atoms with E-state index in [1.54, 1.807) is 0 Å². The van der Waals surface area contributed by atoms with E-state index < -0.39 is 6.04 Å². The summed E-state index contributed by atoms with van der Waals surface area (Å²) in [6, 6.07) is 9.45. The normalized spacial score (nSPS) is 20.0. The number of nitrogens with one attached hydrogen (secondary N) is 1. The molecule has 2 rings (SSSR count). The molecule has 1 saturated heterocycles. The highest BCUT2D eigenvalue weighted by Crippen LogP contribution is 2.29. The number of benzene rings is 1. The molecule has 4 heteroatoms. The molecule has 0 saturated carbocycles. The summed E-state index contributed by atoms with van der Waals surface area (Å²) in [7, 11) is 2.15. The quantitative estimate of drug-likeness (QED) is 0.861. The van der Waals surface area contributed by atoms with Gasteiger partial charge in [0.2, 0.25) is 5.91 Å². The maximum Gasteiger partial charge on any atom is 0.237 e. The van der Waals surface area contributed by atoms with Crippen LogP contribution in [0.15, 0.2) is 30.3 Å². The summed E-state index contributed by atoms with van der Waals surface area (Å²) < 4.78 is 0. The molecule has 1 fully saturated rings. The predicted molar refractivity (Wildman–Crippen MR) is 86.0 cm³/mol. The van der Waals surface area contributed by atoms with Crippen molar-refractivity contribution in [2.75, 3.05) is 26.7 Å². The van der Waals surface area contributed by atoms with Gasteiger partial charge in [0.05, 0.1) is 6.04 Å². The van der Waals surface area contributed by atoms with Crippen LogP contribution in [-0.2, 0) is 11.2 Å². The van der Waals surface area contributed by atoms with Crippen LogP contribution < -0.4 is 11.1 Å². The number of hydrogen-bond donors (Lipinski definition) is 2. The van der Waals surface area contributed by atoms with Crippen LogP contribution in [0.4, 0.5) is 0 Å². The standard InChI is InChI=1S/C17H27N3O/c1-17(8-10-20(2)11-9-17)13-19-16(21)15(18)12-14-6-4-3-5-7-14/h3-7,15H,8-13,18H2,1-2H3,(H,19,21)/t15-/m1/s1. The van der Waals surface area contributed by atoms with E-state index in [2.05, 4.69) is 24.2 Å². The molecule has 1 atom stereocenters. The first-order chi connectivity index (χ1) is 9.98. The van der Waals surface area contributed by atoms with Crippen molar-refractivity contribution in [3.63, 3.8) is 0 Å². The first kappa shape index (κ1) is 16.0. The lowest BCUT2D eigenvalue weighted by Crippen LogP contribution is -2.48. The Kier molecular flexibility index (Phi) is 5.37. The molecular weight excluding hydrogens is 262 g/mol. The summed E-state index contributed by atoms with van der Waals surface area (Å²) >= 11 is 0. The van der Waals surface area contributed by atoms with Gasteiger partial charge in [0.15, 0.2) is 0 Å². The number of carbonyl (C=O) groups is 1. The second kappa shape index (κ2) is 7.05. The van der Waals surface area contributed by atoms with Gasteiger partial charge in [-0.15, -0.1) is 0 Å². The van der Waals surface area contributed by atoms with Gasteiger partial charge in [0, 0.05) is 6.54 Å². The Balaban J connectivity index is 1.78. The number of nitrogens with zero attached hydrogens (tertiary/aromatic N) is 1. The maximum atomic E-state index is 12.2. The molecule has 0 bridgehead atoms. The Morgan fingerprint density at radius 3 is 2.57 bits per heavy atom. The number of hydrogen-bond acceptors (Lipinski definition) is 3. The van der Waals surface area contributed by atoms with Gasteiger partial charge in [-0.3, -0.25) is 4.79 Å². The van der Waals surface area contributed by atoms with Gasteiger partial charge in [-0.2, -0.15) is 0 Å². The highest BCUT2D eigenvalue weighted by molar-refractivity contribution is 5.81. The van der Waals surface area contributed by atoms with Gasteiger partial charge in [0.1, 0.15) is 0 Å². The monoisotopic (exact) mass is 289 g/mol. The number of carbonyl (C=O) groups excluding carboxylic acids is 1. The van der Waals surface area contributed by atoms with E-state index in [4.69, 9.17) is 5.73 Å². The Labute approximate surface area is 127 Å². The molecule has 4 nitrogen and oxygen atoms in total. The molecule has 0 unspecified atom stereocenters. The molecule has 1 heterocycles. The number of rotatable bonds is 5. The molecule has 0 aliphatic carbocycles. The molecule has 1 aliphatic heterocycles. The molecule has 116 valence electrons. The first-order valence-electron chi connectivity index (χ1n) is 7.74. The first-order valence-corrected chi connectivity index (χ1v) is 7.74. The molecule has 1 amide bonds. The third kappa shape index (κ3) is 4.83. The summed E-state index contributed by atoms with van der Waals surface area (Å²) in [4.78, 5) is 14.5. The molecule has 0 radical (unpaired) electrons. The molecule has 0 spiro atoms. The molecule has 1 aliphatic rings. The number of piperidine rings is 1. The Hall–Kier alpha value is -1.39. The van der Waals surface area contributed by atoms with Crippen molar-refractivity contribution in [2.24, 2.45) is 11.1 Å². The van der Waals surface area contributed by atoms with Crippen LogP contribution in [0.2, 0.25) is 0 Å². The summed E-state index contributed by atoms with van der Waals surface area (Å²) in [5.41, 5.74) is 7.32.